The van der Waals surface area contributed by atoms with Crippen molar-refractivity contribution in [3.63, 3.8) is 0 Å². The highest BCUT2D eigenvalue weighted by atomic mass is 32.2. The Morgan fingerprint density at radius 2 is 2.00 bits per heavy atom. The summed E-state index contributed by atoms with van der Waals surface area (Å²) in [6, 6.07) is 9.37. The number of fused-ring (bicyclic) bond motifs is 3. The monoisotopic (exact) mass is 367 g/mol. The number of pyridine rings is 1. The highest BCUT2D eigenvalue weighted by molar-refractivity contribution is 7.91. The van der Waals surface area contributed by atoms with Gasteiger partial charge in [0.05, 0.1) is 16.7 Å². The van der Waals surface area contributed by atoms with Gasteiger partial charge in [0.2, 0.25) is 0 Å². The number of hydrogen-bond donors (Lipinski definition) is 1. The Balaban J connectivity index is 1.85. The maximum Gasteiger partial charge on any atom is 0.178 e. The van der Waals surface area contributed by atoms with Crippen LogP contribution >= 0.6 is 0 Å². The molecule has 26 heavy (non-hydrogen) atoms. The molecule has 1 aromatic carbocycles. The molecule has 2 aliphatic rings. The van der Waals surface area contributed by atoms with Gasteiger partial charge in [0.1, 0.15) is 5.82 Å². The fourth-order valence-electron chi connectivity index (χ4n) is 3.67. The zero-order chi connectivity index (χ0) is 18.5. The van der Waals surface area contributed by atoms with Crippen molar-refractivity contribution in [2.75, 3.05) is 11.1 Å². The van der Waals surface area contributed by atoms with Crippen LogP contribution in [-0.2, 0) is 9.84 Å². The van der Waals surface area contributed by atoms with Crippen molar-refractivity contribution in [1.29, 1.82) is 0 Å². The summed E-state index contributed by atoms with van der Waals surface area (Å²) in [7, 11) is -3.25. The van der Waals surface area contributed by atoms with E-state index in [-0.39, 0.29) is 17.7 Å². The van der Waals surface area contributed by atoms with Crippen LogP contribution in [0.4, 0.5) is 5.82 Å². The topological polar surface area (TPSA) is 71.4 Å². The Morgan fingerprint density at radius 3 is 2.77 bits per heavy atom. The van der Waals surface area contributed by atoms with Crippen LogP contribution in [0.3, 0.4) is 0 Å². The molecular weight excluding hydrogens is 346 g/mol. The summed E-state index contributed by atoms with van der Waals surface area (Å²) in [5.74, 6) is 1.05. The van der Waals surface area contributed by atoms with E-state index in [1.54, 1.807) is 25.1 Å². The fraction of sp³-hybridized carbons (Fsp3) is 0.300. The van der Waals surface area contributed by atoms with E-state index in [0.29, 0.717) is 4.90 Å². The summed E-state index contributed by atoms with van der Waals surface area (Å²) < 4.78 is 24.6. The lowest BCUT2D eigenvalue weighted by Crippen LogP contribution is -2.31. The Kier molecular flexibility index (Phi) is 3.95. The molecule has 2 aromatic rings. The molecule has 0 radical (unpaired) electrons. The maximum absolute atomic E-state index is 12.3. The van der Waals surface area contributed by atoms with Gasteiger partial charge in [0, 0.05) is 29.6 Å². The fourth-order valence-corrected chi connectivity index (χ4v) is 4.60. The average molecular weight is 367 g/mol. The predicted octanol–water partition coefficient (Wildman–Crippen LogP) is 3.58. The van der Waals surface area contributed by atoms with Gasteiger partial charge in [0.25, 0.3) is 0 Å². The number of anilines is 1. The lowest BCUT2D eigenvalue weighted by molar-refractivity contribution is 0.597. The highest BCUT2D eigenvalue weighted by Gasteiger charge is 2.39. The van der Waals surface area contributed by atoms with Gasteiger partial charge >= 0.3 is 0 Å². The zero-order valence-corrected chi connectivity index (χ0v) is 15.8. The zero-order valence-electron chi connectivity index (χ0n) is 15.0. The number of sulfone groups is 1. The lowest BCUT2D eigenvalue weighted by Gasteiger charge is -2.26. The average Bonchev–Trinajstić information content (AvgIpc) is 3.02. The molecule has 0 saturated heterocycles. The van der Waals surface area contributed by atoms with Crippen LogP contribution in [-0.4, -0.2) is 30.9 Å². The van der Waals surface area contributed by atoms with Crippen LogP contribution in [0.2, 0.25) is 0 Å². The van der Waals surface area contributed by atoms with E-state index in [2.05, 4.69) is 21.4 Å². The SMILES string of the molecule is CCS(=O)(=O)c1cccc(C2=CN=C(C)C3Nc4ncc(C)cc4C23)c1. The minimum atomic E-state index is -3.25. The molecule has 0 fully saturated rings. The first kappa shape index (κ1) is 17.0. The molecule has 6 heteroatoms. The van der Waals surface area contributed by atoms with Crippen molar-refractivity contribution in [3.8, 4) is 0 Å². The molecule has 0 amide bonds. The summed E-state index contributed by atoms with van der Waals surface area (Å²) in [6.45, 7) is 5.70. The van der Waals surface area contributed by atoms with Crippen molar-refractivity contribution in [1.82, 2.24) is 4.98 Å². The van der Waals surface area contributed by atoms with Gasteiger partial charge in [-0.15, -0.1) is 0 Å². The van der Waals surface area contributed by atoms with E-state index in [0.717, 1.165) is 33.8 Å². The summed E-state index contributed by atoms with van der Waals surface area (Å²) in [5, 5.41) is 3.47. The molecule has 5 nitrogen and oxygen atoms in total. The number of aliphatic imine (C=N–C) groups is 1. The molecule has 1 aromatic heterocycles. The van der Waals surface area contributed by atoms with Crippen LogP contribution < -0.4 is 5.32 Å². The van der Waals surface area contributed by atoms with Crippen LogP contribution in [0.5, 0.6) is 0 Å². The standard InChI is InChI=1S/C20H21N3O2S/c1-4-26(24,25)15-7-5-6-14(9-15)17-11-21-13(3)19-18(17)16-8-12(2)10-22-20(16)23-19/h5-11,18-19H,4H2,1-3H3,(H,22,23). The third kappa shape index (κ3) is 2.65. The lowest BCUT2D eigenvalue weighted by atomic mass is 9.81. The van der Waals surface area contributed by atoms with Crippen LogP contribution in [0, 0.1) is 6.92 Å². The van der Waals surface area contributed by atoms with Crippen molar-refractivity contribution < 1.29 is 8.42 Å². The Hall–Kier alpha value is -2.47. The minimum absolute atomic E-state index is 0.0470. The second-order valence-corrected chi connectivity index (χ2v) is 9.11. The molecule has 4 rings (SSSR count). The van der Waals surface area contributed by atoms with Gasteiger partial charge in [-0.1, -0.05) is 25.1 Å². The van der Waals surface area contributed by atoms with Crippen LogP contribution in [0.25, 0.3) is 5.57 Å². The molecule has 2 aliphatic heterocycles. The number of nitrogens with zero attached hydrogens (tertiary/aromatic N) is 2. The number of rotatable bonds is 3. The Labute approximate surface area is 153 Å². The first-order valence-corrected chi connectivity index (χ1v) is 10.4. The molecule has 134 valence electrons. The van der Waals surface area contributed by atoms with Gasteiger partial charge in [-0.25, -0.2) is 13.4 Å². The minimum Gasteiger partial charge on any atom is -0.361 e. The second-order valence-electron chi connectivity index (χ2n) is 6.84. The second kappa shape index (κ2) is 6.06. The Morgan fingerprint density at radius 1 is 1.19 bits per heavy atom. The molecule has 2 atom stereocenters. The highest BCUT2D eigenvalue weighted by Crippen LogP contribution is 2.46. The van der Waals surface area contributed by atoms with Gasteiger partial charge in [0.15, 0.2) is 9.84 Å². The van der Waals surface area contributed by atoms with Crippen LogP contribution in [0.1, 0.15) is 36.5 Å². The normalized spacial score (nSPS) is 21.3. The molecule has 0 spiro atoms. The van der Waals surface area contributed by atoms with Gasteiger partial charge < -0.3 is 5.32 Å². The van der Waals surface area contributed by atoms with E-state index in [1.165, 1.54) is 0 Å². The van der Waals surface area contributed by atoms with Crippen molar-refractivity contribution >= 4 is 26.9 Å². The molecule has 1 N–H and O–H groups in total. The summed E-state index contributed by atoms with van der Waals surface area (Å²) >= 11 is 0. The third-order valence-corrected chi connectivity index (χ3v) is 6.85. The molecule has 0 aliphatic carbocycles. The van der Waals surface area contributed by atoms with E-state index < -0.39 is 9.84 Å². The quantitative estimate of drug-likeness (QED) is 0.900. The first-order valence-electron chi connectivity index (χ1n) is 8.71. The van der Waals surface area contributed by atoms with Crippen molar-refractivity contribution in [2.45, 2.75) is 37.6 Å². The summed E-state index contributed by atoms with van der Waals surface area (Å²) in [4.78, 5) is 9.45. The first-order chi connectivity index (χ1) is 12.4. The maximum atomic E-state index is 12.3. The van der Waals surface area contributed by atoms with E-state index in [4.69, 9.17) is 0 Å². The number of aromatic nitrogens is 1. The Bertz CT molecular complexity index is 1050. The summed E-state index contributed by atoms with van der Waals surface area (Å²) in [6.07, 6.45) is 3.72. The van der Waals surface area contributed by atoms with Gasteiger partial charge in [-0.3, -0.25) is 4.99 Å². The number of aryl methyl sites for hydroxylation is 1. The number of nitrogens with one attached hydrogen (secondary N) is 1. The molecule has 2 unspecified atom stereocenters. The number of benzene rings is 1. The largest absolute Gasteiger partial charge is 0.361 e. The molecule has 0 bridgehead atoms. The van der Waals surface area contributed by atoms with E-state index in [9.17, 15) is 8.42 Å². The van der Waals surface area contributed by atoms with E-state index in [1.807, 2.05) is 32.3 Å². The smallest absolute Gasteiger partial charge is 0.178 e. The number of hydrogen-bond acceptors (Lipinski definition) is 5. The third-order valence-electron chi connectivity index (χ3n) is 5.11. The predicted molar refractivity (Wildman–Crippen MR) is 104 cm³/mol. The van der Waals surface area contributed by atoms with Crippen molar-refractivity contribution in [2.24, 2.45) is 4.99 Å². The van der Waals surface area contributed by atoms with Gasteiger partial charge in [-0.05, 0) is 42.7 Å². The van der Waals surface area contributed by atoms with Gasteiger partial charge in [-0.2, -0.15) is 0 Å². The molecular formula is C20H21N3O2S. The summed E-state index contributed by atoms with van der Waals surface area (Å²) in [5.41, 5.74) is 5.16. The molecule has 0 saturated carbocycles. The molecule has 3 heterocycles. The van der Waals surface area contributed by atoms with Crippen molar-refractivity contribution in [3.05, 3.63) is 59.4 Å². The van der Waals surface area contributed by atoms with E-state index >= 15 is 0 Å². The van der Waals surface area contributed by atoms with Crippen LogP contribution in [0.15, 0.2) is 52.6 Å².